The van der Waals surface area contributed by atoms with Crippen molar-refractivity contribution < 1.29 is 0 Å². The molecule has 1 aromatic rings. The van der Waals surface area contributed by atoms with E-state index >= 15 is 0 Å². The van der Waals surface area contributed by atoms with Crippen LogP contribution in [0, 0.1) is 5.41 Å². The Labute approximate surface area is 122 Å². The van der Waals surface area contributed by atoms with Crippen LogP contribution in [0.5, 0.6) is 0 Å². The highest BCUT2D eigenvalue weighted by atomic mass is 15.4. The highest BCUT2D eigenvalue weighted by Gasteiger charge is 2.53. The number of nitrogens with zero attached hydrogens (tertiary/aromatic N) is 2. The van der Waals surface area contributed by atoms with Gasteiger partial charge in [-0.3, -0.25) is 4.90 Å². The van der Waals surface area contributed by atoms with Gasteiger partial charge in [-0.15, -0.1) is 0 Å². The Kier molecular flexibility index (Phi) is 2.91. The fourth-order valence-electron chi connectivity index (χ4n) is 3.97. The number of hydrogen-bond acceptors (Lipinski definition) is 3. The first-order valence-corrected chi connectivity index (χ1v) is 7.69. The molecule has 3 atom stereocenters. The van der Waals surface area contributed by atoms with Crippen LogP contribution in [0.2, 0.25) is 0 Å². The molecule has 1 saturated heterocycles. The van der Waals surface area contributed by atoms with Gasteiger partial charge in [0, 0.05) is 29.3 Å². The first-order chi connectivity index (χ1) is 9.19. The Morgan fingerprint density at radius 1 is 1.20 bits per heavy atom. The van der Waals surface area contributed by atoms with Gasteiger partial charge in [-0.2, -0.15) is 0 Å². The van der Waals surface area contributed by atoms with Crippen LogP contribution in [0.25, 0.3) is 0 Å². The minimum Gasteiger partial charge on any atom is -0.354 e. The van der Waals surface area contributed by atoms with Gasteiger partial charge in [0.05, 0.1) is 6.17 Å². The van der Waals surface area contributed by atoms with E-state index in [1.165, 1.54) is 12.0 Å². The molecular formula is C17H27N3. The van der Waals surface area contributed by atoms with Crippen molar-refractivity contribution in [3.63, 3.8) is 0 Å². The Bertz CT molecular complexity index is 510. The number of aromatic nitrogens is 1. The Balaban J connectivity index is 2.01. The minimum absolute atomic E-state index is 0.159. The SMILES string of the molecule is CC(C)(C)C1CC2c3cccnc3NC2N1C(C)(C)C. The third kappa shape index (κ3) is 2.03. The standard InChI is InChI=1S/C17H27N3/c1-16(2,3)13-10-12-11-8-7-9-18-14(11)19-15(12)20(13)17(4,5)6/h7-9,12-13,15H,10H2,1-6H3,(H,18,19). The van der Waals surface area contributed by atoms with Crippen molar-refractivity contribution in [3.05, 3.63) is 23.9 Å². The molecule has 0 aromatic carbocycles. The zero-order valence-corrected chi connectivity index (χ0v) is 13.6. The zero-order valence-electron chi connectivity index (χ0n) is 13.6. The second-order valence-electron chi connectivity index (χ2n) is 8.33. The van der Waals surface area contributed by atoms with Gasteiger partial charge in [0.1, 0.15) is 5.82 Å². The van der Waals surface area contributed by atoms with Crippen molar-refractivity contribution in [1.29, 1.82) is 0 Å². The summed E-state index contributed by atoms with van der Waals surface area (Å²) in [4.78, 5) is 7.19. The van der Waals surface area contributed by atoms with Gasteiger partial charge in [-0.25, -0.2) is 4.98 Å². The van der Waals surface area contributed by atoms with Crippen LogP contribution < -0.4 is 5.32 Å². The lowest BCUT2D eigenvalue weighted by Crippen LogP contribution is -2.55. The lowest BCUT2D eigenvalue weighted by atomic mass is 9.82. The molecule has 2 aliphatic rings. The molecular weight excluding hydrogens is 246 g/mol. The van der Waals surface area contributed by atoms with Crippen molar-refractivity contribution in [2.75, 3.05) is 5.32 Å². The van der Waals surface area contributed by atoms with Gasteiger partial charge in [-0.05, 0) is 38.7 Å². The van der Waals surface area contributed by atoms with Gasteiger partial charge < -0.3 is 5.32 Å². The van der Waals surface area contributed by atoms with Crippen LogP contribution in [0.15, 0.2) is 18.3 Å². The van der Waals surface area contributed by atoms with Crippen LogP contribution in [-0.4, -0.2) is 27.6 Å². The van der Waals surface area contributed by atoms with Crippen LogP contribution in [0.3, 0.4) is 0 Å². The molecule has 110 valence electrons. The fourth-order valence-corrected chi connectivity index (χ4v) is 3.97. The summed E-state index contributed by atoms with van der Waals surface area (Å²) in [7, 11) is 0. The average molecular weight is 273 g/mol. The summed E-state index contributed by atoms with van der Waals surface area (Å²) < 4.78 is 0. The number of nitrogens with one attached hydrogen (secondary N) is 1. The van der Waals surface area contributed by atoms with Crippen LogP contribution >= 0.6 is 0 Å². The van der Waals surface area contributed by atoms with E-state index < -0.39 is 0 Å². The monoisotopic (exact) mass is 273 g/mol. The van der Waals surface area contributed by atoms with Gasteiger partial charge >= 0.3 is 0 Å². The number of likely N-dealkylation sites (tertiary alicyclic amines) is 1. The highest BCUT2D eigenvalue weighted by molar-refractivity contribution is 5.54. The van der Waals surface area contributed by atoms with E-state index in [9.17, 15) is 0 Å². The second-order valence-corrected chi connectivity index (χ2v) is 8.33. The number of hydrogen-bond donors (Lipinski definition) is 1. The van der Waals surface area contributed by atoms with E-state index in [2.05, 4.69) is 68.9 Å². The second kappa shape index (κ2) is 4.20. The molecule has 1 fully saturated rings. The summed E-state index contributed by atoms with van der Waals surface area (Å²) in [5.74, 6) is 1.66. The third-order valence-electron chi connectivity index (χ3n) is 4.79. The molecule has 1 N–H and O–H groups in total. The smallest absolute Gasteiger partial charge is 0.130 e. The zero-order chi connectivity index (χ0) is 14.7. The fraction of sp³-hybridized carbons (Fsp3) is 0.706. The summed E-state index contributed by atoms with van der Waals surface area (Å²) in [5.41, 5.74) is 1.85. The molecule has 0 bridgehead atoms. The predicted molar refractivity (Wildman–Crippen MR) is 83.8 cm³/mol. The maximum atomic E-state index is 4.51. The Hall–Kier alpha value is -1.09. The van der Waals surface area contributed by atoms with Crippen molar-refractivity contribution in [2.24, 2.45) is 5.41 Å². The van der Waals surface area contributed by atoms with Gasteiger partial charge in [0.15, 0.2) is 0 Å². The van der Waals surface area contributed by atoms with E-state index in [1.54, 1.807) is 0 Å². The highest BCUT2D eigenvalue weighted by Crippen LogP contribution is 2.51. The number of anilines is 1. The normalized spacial score (nSPS) is 30.0. The molecule has 3 heterocycles. The van der Waals surface area contributed by atoms with Crippen LogP contribution in [0.4, 0.5) is 5.82 Å². The maximum Gasteiger partial charge on any atom is 0.130 e. The van der Waals surface area contributed by atoms with E-state index in [1.807, 2.05) is 6.20 Å². The van der Waals surface area contributed by atoms with Crippen molar-refractivity contribution in [3.8, 4) is 0 Å². The topological polar surface area (TPSA) is 28.2 Å². The van der Waals surface area contributed by atoms with Gasteiger partial charge in [-0.1, -0.05) is 26.8 Å². The summed E-state index contributed by atoms with van der Waals surface area (Å²) in [5, 5.41) is 3.67. The summed E-state index contributed by atoms with van der Waals surface area (Å²) in [6.07, 6.45) is 3.50. The largest absolute Gasteiger partial charge is 0.354 e. The number of rotatable bonds is 0. The molecule has 3 nitrogen and oxygen atoms in total. The maximum absolute atomic E-state index is 4.51. The summed E-state index contributed by atoms with van der Waals surface area (Å²) >= 11 is 0. The lowest BCUT2D eigenvalue weighted by Gasteiger charge is -2.45. The summed E-state index contributed by atoms with van der Waals surface area (Å²) in [6, 6.07) is 4.90. The molecule has 0 aliphatic carbocycles. The molecule has 3 heteroatoms. The molecule has 2 aliphatic heterocycles. The molecule has 0 saturated carbocycles. The van der Waals surface area contributed by atoms with Gasteiger partial charge in [0.25, 0.3) is 0 Å². The molecule has 0 amide bonds. The van der Waals surface area contributed by atoms with E-state index in [0.29, 0.717) is 23.5 Å². The minimum atomic E-state index is 0.159. The van der Waals surface area contributed by atoms with Crippen molar-refractivity contribution >= 4 is 5.82 Å². The number of pyridine rings is 1. The van der Waals surface area contributed by atoms with Crippen LogP contribution in [-0.2, 0) is 0 Å². The summed E-state index contributed by atoms with van der Waals surface area (Å²) in [6.45, 7) is 14.1. The Morgan fingerprint density at radius 2 is 1.90 bits per heavy atom. The molecule has 20 heavy (non-hydrogen) atoms. The number of fused-ring (bicyclic) bond motifs is 3. The van der Waals surface area contributed by atoms with Crippen molar-refractivity contribution in [2.45, 2.75) is 71.6 Å². The van der Waals surface area contributed by atoms with E-state index in [0.717, 1.165) is 5.82 Å². The van der Waals surface area contributed by atoms with Crippen LogP contribution in [0.1, 0.15) is 59.4 Å². The van der Waals surface area contributed by atoms with E-state index in [-0.39, 0.29) is 5.54 Å². The Morgan fingerprint density at radius 3 is 2.50 bits per heavy atom. The first kappa shape index (κ1) is 13.9. The molecule has 3 unspecified atom stereocenters. The molecule has 3 rings (SSSR count). The first-order valence-electron chi connectivity index (χ1n) is 7.69. The quantitative estimate of drug-likeness (QED) is 0.778. The molecule has 0 spiro atoms. The average Bonchev–Trinajstić information content (AvgIpc) is 2.81. The van der Waals surface area contributed by atoms with Gasteiger partial charge in [0.2, 0.25) is 0 Å². The predicted octanol–water partition coefficient (Wildman–Crippen LogP) is 3.84. The molecule has 1 aromatic heterocycles. The third-order valence-corrected chi connectivity index (χ3v) is 4.79. The molecule has 0 radical (unpaired) electrons. The lowest BCUT2D eigenvalue weighted by molar-refractivity contribution is 0.0333. The van der Waals surface area contributed by atoms with Crippen molar-refractivity contribution in [1.82, 2.24) is 9.88 Å². The van der Waals surface area contributed by atoms with E-state index in [4.69, 9.17) is 0 Å².